The third-order valence-corrected chi connectivity index (χ3v) is 3.43. The van der Waals surface area contributed by atoms with Crippen molar-refractivity contribution in [3.8, 4) is 11.4 Å². The molecule has 0 saturated heterocycles. The maximum atomic E-state index is 12.9. The van der Waals surface area contributed by atoms with Crippen LogP contribution in [0.2, 0.25) is 0 Å². The van der Waals surface area contributed by atoms with Gasteiger partial charge in [-0.3, -0.25) is 4.79 Å². The van der Waals surface area contributed by atoms with Crippen molar-refractivity contribution in [1.82, 2.24) is 14.8 Å². The first kappa shape index (κ1) is 14.9. The minimum atomic E-state index is -0.318. The van der Waals surface area contributed by atoms with Gasteiger partial charge in [0.2, 0.25) is 5.91 Å². The van der Waals surface area contributed by atoms with Crippen LogP contribution >= 0.6 is 0 Å². The van der Waals surface area contributed by atoms with Gasteiger partial charge in [0.25, 0.3) is 0 Å². The van der Waals surface area contributed by atoms with E-state index in [0.29, 0.717) is 11.5 Å². The molecule has 0 spiro atoms. The predicted molar refractivity (Wildman–Crippen MR) is 85.2 cm³/mol. The molecule has 1 heterocycles. The highest BCUT2D eigenvalue weighted by Crippen LogP contribution is 2.25. The van der Waals surface area contributed by atoms with Gasteiger partial charge in [-0.2, -0.15) is 0 Å². The fourth-order valence-corrected chi connectivity index (χ4v) is 2.30. The molecule has 23 heavy (non-hydrogen) atoms. The average molecular weight is 310 g/mol. The van der Waals surface area contributed by atoms with Crippen LogP contribution in [0.5, 0.6) is 0 Å². The van der Waals surface area contributed by atoms with Crippen LogP contribution in [0.4, 0.5) is 10.1 Å². The number of carbonyl (C=O) groups is 1. The maximum absolute atomic E-state index is 12.9. The second-order valence-corrected chi connectivity index (χ2v) is 5.16. The first-order valence-electron chi connectivity index (χ1n) is 7.11. The van der Waals surface area contributed by atoms with Crippen LogP contribution in [0.25, 0.3) is 11.4 Å². The lowest BCUT2D eigenvalue weighted by Gasteiger charge is -2.10. The number of halogens is 1. The van der Waals surface area contributed by atoms with Crippen molar-refractivity contribution in [2.75, 3.05) is 5.32 Å². The van der Waals surface area contributed by atoms with Crippen molar-refractivity contribution >= 4 is 11.6 Å². The molecule has 0 bridgehead atoms. The predicted octanol–water partition coefficient (Wildman–Crippen LogP) is 2.80. The molecule has 0 fully saturated rings. The highest BCUT2D eigenvalue weighted by atomic mass is 19.1. The molecule has 0 aliphatic rings. The Morgan fingerprint density at radius 1 is 1.17 bits per heavy atom. The normalized spacial score (nSPS) is 10.5. The van der Waals surface area contributed by atoms with Gasteiger partial charge in [0.1, 0.15) is 12.1 Å². The van der Waals surface area contributed by atoms with E-state index in [0.717, 1.165) is 11.1 Å². The van der Waals surface area contributed by atoms with E-state index in [1.165, 1.54) is 12.1 Å². The highest BCUT2D eigenvalue weighted by Gasteiger charge is 2.12. The van der Waals surface area contributed by atoms with E-state index < -0.39 is 0 Å². The van der Waals surface area contributed by atoms with Gasteiger partial charge in [-0.25, -0.2) is 4.39 Å². The molecule has 0 aliphatic carbocycles. The Labute approximate surface area is 132 Å². The van der Waals surface area contributed by atoms with E-state index in [4.69, 9.17) is 0 Å². The lowest BCUT2D eigenvalue weighted by Crippen LogP contribution is -2.15. The molecule has 116 valence electrons. The molecule has 0 atom stereocenters. The molecular formula is C17H15FN4O. The number of amides is 1. The van der Waals surface area contributed by atoms with E-state index in [9.17, 15) is 9.18 Å². The monoisotopic (exact) mass is 310 g/mol. The van der Waals surface area contributed by atoms with Crippen LogP contribution in [0.3, 0.4) is 0 Å². The van der Waals surface area contributed by atoms with Gasteiger partial charge >= 0.3 is 0 Å². The summed E-state index contributed by atoms with van der Waals surface area (Å²) in [4.78, 5) is 12.2. The molecule has 6 heteroatoms. The van der Waals surface area contributed by atoms with E-state index >= 15 is 0 Å². The van der Waals surface area contributed by atoms with Crippen LogP contribution in [0, 0.1) is 5.82 Å². The highest BCUT2D eigenvalue weighted by molar-refractivity contribution is 5.95. The Balaban J connectivity index is 1.79. The van der Waals surface area contributed by atoms with Crippen LogP contribution in [0.15, 0.2) is 54.9 Å². The van der Waals surface area contributed by atoms with Gasteiger partial charge in [0, 0.05) is 12.6 Å². The topological polar surface area (TPSA) is 59.8 Å². The SMILES string of the molecule is Cn1cnnc1-c1ccccc1NC(=O)Cc1ccc(F)cc1. The van der Waals surface area contributed by atoms with Crippen molar-refractivity contribution in [2.45, 2.75) is 6.42 Å². The molecule has 1 aromatic heterocycles. The molecule has 5 nitrogen and oxygen atoms in total. The number of aromatic nitrogens is 3. The molecule has 1 amide bonds. The number of rotatable bonds is 4. The van der Waals surface area contributed by atoms with Gasteiger partial charge < -0.3 is 9.88 Å². The lowest BCUT2D eigenvalue weighted by molar-refractivity contribution is -0.115. The summed E-state index contributed by atoms with van der Waals surface area (Å²) < 4.78 is 14.7. The molecule has 2 aromatic carbocycles. The zero-order chi connectivity index (χ0) is 16.2. The van der Waals surface area contributed by atoms with E-state index in [-0.39, 0.29) is 18.1 Å². The molecule has 1 N–H and O–H groups in total. The van der Waals surface area contributed by atoms with Crippen LogP contribution < -0.4 is 5.32 Å². The van der Waals surface area contributed by atoms with Crippen LogP contribution in [-0.4, -0.2) is 20.7 Å². The van der Waals surface area contributed by atoms with Gasteiger partial charge in [0.15, 0.2) is 5.82 Å². The Bertz CT molecular complexity index is 827. The minimum Gasteiger partial charge on any atom is -0.325 e. The summed E-state index contributed by atoms with van der Waals surface area (Å²) in [5, 5.41) is 10.8. The van der Waals surface area contributed by atoms with Crippen LogP contribution in [0.1, 0.15) is 5.56 Å². The van der Waals surface area contributed by atoms with Crippen molar-refractivity contribution < 1.29 is 9.18 Å². The summed E-state index contributed by atoms with van der Waals surface area (Å²) in [5.74, 6) is 0.177. The fraction of sp³-hybridized carbons (Fsp3) is 0.118. The number of benzene rings is 2. The molecule has 0 saturated carbocycles. The maximum Gasteiger partial charge on any atom is 0.228 e. The number of carbonyl (C=O) groups excluding carboxylic acids is 1. The number of nitrogens with one attached hydrogen (secondary N) is 1. The lowest BCUT2D eigenvalue weighted by atomic mass is 10.1. The smallest absolute Gasteiger partial charge is 0.228 e. The summed E-state index contributed by atoms with van der Waals surface area (Å²) in [6, 6.07) is 13.3. The number of hydrogen-bond acceptors (Lipinski definition) is 3. The Morgan fingerprint density at radius 2 is 1.91 bits per heavy atom. The number of hydrogen-bond donors (Lipinski definition) is 1. The Hall–Kier alpha value is -3.02. The summed E-state index contributed by atoms with van der Waals surface area (Å²) in [6.07, 6.45) is 1.78. The summed E-state index contributed by atoms with van der Waals surface area (Å²) >= 11 is 0. The van der Waals surface area contributed by atoms with Crippen molar-refractivity contribution in [2.24, 2.45) is 7.05 Å². The second-order valence-electron chi connectivity index (χ2n) is 5.16. The molecule has 3 aromatic rings. The molecular weight excluding hydrogens is 295 g/mol. The van der Waals surface area contributed by atoms with Gasteiger partial charge in [-0.05, 0) is 29.8 Å². The number of aryl methyl sites for hydroxylation is 1. The van der Waals surface area contributed by atoms with Crippen molar-refractivity contribution in [3.63, 3.8) is 0 Å². The Morgan fingerprint density at radius 3 is 2.61 bits per heavy atom. The third kappa shape index (κ3) is 3.42. The molecule has 3 rings (SSSR count). The second kappa shape index (κ2) is 6.39. The summed E-state index contributed by atoms with van der Waals surface area (Å²) in [7, 11) is 1.84. The van der Waals surface area contributed by atoms with E-state index in [1.54, 1.807) is 23.0 Å². The minimum absolute atomic E-state index is 0.174. The standard InChI is InChI=1S/C17H15FN4O/c1-22-11-19-21-17(22)14-4-2-3-5-15(14)20-16(23)10-12-6-8-13(18)9-7-12/h2-9,11H,10H2,1H3,(H,20,23). The fourth-order valence-electron chi connectivity index (χ4n) is 2.30. The number of para-hydroxylation sites is 1. The van der Waals surface area contributed by atoms with Gasteiger partial charge in [-0.1, -0.05) is 24.3 Å². The van der Waals surface area contributed by atoms with Crippen molar-refractivity contribution in [3.05, 3.63) is 66.2 Å². The summed E-state index contributed by atoms with van der Waals surface area (Å²) in [6.45, 7) is 0. The van der Waals surface area contributed by atoms with E-state index in [2.05, 4.69) is 15.5 Å². The van der Waals surface area contributed by atoms with Gasteiger partial charge in [-0.15, -0.1) is 10.2 Å². The first-order valence-corrected chi connectivity index (χ1v) is 7.11. The zero-order valence-electron chi connectivity index (χ0n) is 12.5. The van der Waals surface area contributed by atoms with E-state index in [1.807, 2.05) is 31.3 Å². The molecule has 0 radical (unpaired) electrons. The third-order valence-electron chi connectivity index (χ3n) is 3.43. The largest absolute Gasteiger partial charge is 0.325 e. The molecule has 0 unspecified atom stereocenters. The average Bonchev–Trinajstić information content (AvgIpc) is 2.96. The van der Waals surface area contributed by atoms with Crippen LogP contribution in [-0.2, 0) is 18.3 Å². The quantitative estimate of drug-likeness (QED) is 0.806. The summed E-state index contributed by atoms with van der Waals surface area (Å²) in [5.41, 5.74) is 2.20. The van der Waals surface area contributed by atoms with Crippen molar-refractivity contribution in [1.29, 1.82) is 0 Å². The molecule has 0 aliphatic heterocycles. The van der Waals surface area contributed by atoms with Gasteiger partial charge in [0.05, 0.1) is 12.1 Å². The number of nitrogens with zero attached hydrogens (tertiary/aromatic N) is 3. The Kier molecular flexibility index (Phi) is 4.14. The number of anilines is 1. The first-order chi connectivity index (χ1) is 11.1. The zero-order valence-corrected chi connectivity index (χ0v) is 12.5.